The number of fused-ring (bicyclic) bond motifs is 1. The number of carbonyl (C=O) groups excluding carboxylic acids is 1. The Morgan fingerprint density at radius 2 is 2.19 bits per heavy atom. The van der Waals surface area contributed by atoms with Crippen molar-refractivity contribution in [3.63, 3.8) is 0 Å². The van der Waals surface area contributed by atoms with Crippen molar-refractivity contribution in [2.45, 2.75) is 46.6 Å². The Kier molecular flexibility index (Phi) is 5.16. The van der Waals surface area contributed by atoms with E-state index in [-0.39, 0.29) is 11.8 Å². The smallest absolute Gasteiger partial charge is 0.240 e. The maximum atomic E-state index is 11.3. The maximum absolute atomic E-state index is 11.3. The van der Waals surface area contributed by atoms with Gasteiger partial charge in [-0.05, 0) is 31.9 Å². The van der Waals surface area contributed by atoms with Gasteiger partial charge in [-0.25, -0.2) is 5.43 Å². The second-order valence-electron chi connectivity index (χ2n) is 6.24. The van der Waals surface area contributed by atoms with Gasteiger partial charge < -0.3 is 9.67 Å². The minimum absolute atomic E-state index is 0.0640. The van der Waals surface area contributed by atoms with Gasteiger partial charge in [-0.2, -0.15) is 15.3 Å². The summed E-state index contributed by atoms with van der Waals surface area (Å²) in [5.74, 6) is 0.109. The number of aryl methyl sites for hydroxylation is 1. The van der Waals surface area contributed by atoms with E-state index in [0.717, 1.165) is 34.3 Å². The van der Waals surface area contributed by atoms with Gasteiger partial charge in [0.2, 0.25) is 11.8 Å². The molecule has 0 radical (unpaired) electrons. The summed E-state index contributed by atoms with van der Waals surface area (Å²) in [5, 5.41) is 23.9. The minimum Gasteiger partial charge on any atom is -0.494 e. The first kappa shape index (κ1) is 17.8. The minimum atomic E-state index is -0.0640. The van der Waals surface area contributed by atoms with Crippen molar-refractivity contribution >= 4 is 34.4 Å². The Balaban J connectivity index is 2.06. The number of hydrogen-bond acceptors (Lipinski definition) is 5. The van der Waals surface area contributed by atoms with E-state index in [4.69, 9.17) is 0 Å². The summed E-state index contributed by atoms with van der Waals surface area (Å²) in [5.41, 5.74) is 6.79. The maximum Gasteiger partial charge on any atom is 0.240 e. The van der Waals surface area contributed by atoms with Gasteiger partial charge >= 0.3 is 0 Å². The highest BCUT2D eigenvalue weighted by Gasteiger charge is 2.18. The first-order valence-electron chi connectivity index (χ1n) is 8.82. The fourth-order valence-electron chi connectivity index (χ4n) is 2.93. The average Bonchev–Trinajstić information content (AvgIpc) is 2.92. The number of aromatic hydroxyl groups is 1. The van der Waals surface area contributed by atoms with E-state index >= 15 is 0 Å². The van der Waals surface area contributed by atoms with Gasteiger partial charge in [0.15, 0.2) is 0 Å². The Morgan fingerprint density at radius 1 is 1.38 bits per heavy atom. The largest absolute Gasteiger partial charge is 0.494 e. The molecular formula is C19H23N5O2. The molecule has 1 aromatic heterocycles. The monoisotopic (exact) mass is 353 g/mol. The highest BCUT2D eigenvalue weighted by molar-refractivity contribution is 6.09. The van der Waals surface area contributed by atoms with E-state index in [9.17, 15) is 9.90 Å². The van der Waals surface area contributed by atoms with Gasteiger partial charge in [0, 0.05) is 30.5 Å². The van der Waals surface area contributed by atoms with Gasteiger partial charge in [0.25, 0.3) is 0 Å². The molecule has 2 N–H and O–H groups in total. The van der Waals surface area contributed by atoms with Crippen molar-refractivity contribution in [2.75, 3.05) is 0 Å². The molecule has 0 bridgehead atoms. The molecule has 26 heavy (non-hydrogen) atoms. The number of hydrazone groups is 1. The predicted molar refractivity (Wildman–Crippen MR) is 104 cm³/mol. The summed E-state index contributed by atoms with van der Waals surface area (Å²) in [6.45, 7) is 6.54. The third-order valence-corrected chi connectivity index (χ3v) is 4.56. The molecule has 0 fully saturated rings. The Hall–Kier alpha value is -2.96. The highest BCUT2D eigenvalue weighted by Crippen LogP contribution is 2.31. The van der Waals surface area contributed by atoms with Crippen LogP contribution in [0.2, 0.25) is 0 Å². The summed E-state index contributed by atoms with van der Waals surface area (Å²) < 4.78 is 1.83. The number of hydrogen-bond donors (Lipinski definition) is 2. The molecule has 1 aliphatic heterocycles. The van der Waals surface area contributed by atoms with E-state index < -0.39 is 0 Å². The first-order chi connectivity index (χ1) is 12.5. The zero-order valence-corrected chi connectivity index (χ0v) is 15.3. The zero-order chi connectivity index (χ0) is 18.7. The molecule has 0 atom stereocenters. The number of nitrogens with zero attached hydrogens (tertiary/aromatic N) is 4. The normalized spacial score (nSPS) is 15.6. The van der Waals surface area contributed by atoms with Crippen LogP contribution in [0, 0.1) is 0 Å². The third kappa shape index (κ3) is 3.37. The number of aromatic nitrogens is 1. The predicted octanol–water partition coefficient (Wildman–Crippen LogP) is 3.19. The van der Waals surface area contributed by atoms with Crippen molar-refractivity contribution in [1.82, 2.24) is 9.99 Å². The van der Waals surface area contributed by atoms with E-state index in [0.29, 0.717) is 24.9 Å². The summed E-state index contributed by atoms with van der Waals surface area (Å²) in [6.07, 6.45) is 3.47. The van der Waals surface area contributed by atoms with Gasteiger partial charge in [0.05, 0.1) is 23.0 Å². The SMILES string of the molecule is CC/C(C)=N/N=Cc1c(O)n(CC)c2cc(C3=NNC(=O)CC3)ccc12. The Morgan fingerprint density at radius 3 is 2.85 bits per heavy atom. The lowest BCUT2D eigenvalue weighted by atomic mass is 10.0. The van der Waals surface area contributed by atoms with Crippen LogP contribution in [0.3, 0.4) is 0 Å². The topological polar surface area (TPSA) is 91.3 Å². The molecule has 0 unspecified atom stereocenters. The van der Waals surface area contributed by atoms with Crippen LogP contribution in [0.5, 0.6) is 5.88 Å². The Bertz CT molecular complexity index is 937. The molecule has 7 heteroatoms. The lowest BCUT2D eigenvalue weighted by Crippen LogP contribution is -2.25. The van der Waals surface area contributed by atoms with E-state index in [2.05, 4.69) is 20.7 Å². The van der Waals surface area contributed by atoms with Crippen molar-refractivity contribution in [2.24, 2.45) is 15.3 Å². The molecule has 0 aliphatic carbocycles. The molecular weight excluding hydrogens is 330 g/mol. The lowest BCUT2D eigenvalue weighted by Gasteiger charge is -2.12. The number of carbonyl (C=O) groups is 1. The molecule has 2 aromatic rings. The van der Waals surface area contributed by atoms with E-state index in [1.165, 1.54) is 0 Å². The Labute approximate surface area is 152 Å². The number of nitrogens with one attached hydrogen (secondary N) is 1. The molecule has 1 amide bonds. The van der Waals surface area contributed by atoms with Gasteiger partial charge in [-0.3, -0.25) is 4.79 Å². The molecule has 1 aromatic carbocycles. The summed E-state index contributed by atoms with van der Waals surface area (Å²) in [4.78, 5) is 11.3. The van der Waals surface area contributed by atoms with E-state index in [1.807, 2.05) is 43.5 Å². The van der Waals surface area contributed by atoms with Crippen molar-refractivity contribution in [3.05, 3.63) is 29.3 Å². The van der Waals surface area contributed by atoms with Crippen LogP contribution in [0.1, 0.15) is 51.2 Å². The fourth-order valence-corrected chi connectivity index (χ4v) is 2.93. The van der Waals surface area contributed by atoms with Crippen LogP contribution in [-0.4, -0.2) is 33.2 Å². The quantitative estimate of drug-likeness (QED) is 0.638. The third-order valence-electron chi connectivity index (χ3n) is 4.56. The van der Waals surface area contributed by atoms with Crippen molar-refractivity contribution in [3.8, 4) is 5.88 Å². The average molecular weight is 353 g/mol. The number of amides is 1. The van der Waals surface area contributed by atoms with Crippen LogP contribution in [0.15, 0.2) is 33.5 Å². The molecule has 0 spiro atoms. The number of rotatable bonds is 5. The van der Waals surface area contributed by atoms with Gasteiger partial charge in [0.1, 0.15) is 0 Å². The molecule has 136 valence electrons. The summed E-state index contributed by atoms with van der Waals surface area (Å²) in [7, 11) is 0. The van der Waals surface area contributed by atoms with Crippen LogP contribution in [0.25, 0.3) is 10.9 Å². The second kappa shape index (κ2) is 7.51. The van der Waals surface area contributed by atoms with Crippen LogP contribution in [-0.2, 0) is 11.3 Å². The summed E-state index contributed by atoms with van der Waals surface area (Å²) >= 11 is 0. The second-order valence-corrected chi connectivity index (χ2v) is 6.24. The van der Waals surface area contributed by atoms with Gasteiger partial charge in [-0.15, -0.1) is 0 Å². The molecule has 1 aliphatic rings. The molecule has 0 saturated heterocycles. The molecule has 0 saturated carbocycles. The molecule has 2 heterocycles. The van der Waals surface area contributed by atoms with Crippen molar-refractivity contribution < 1.29 is 9.90 Å². The van der Waals surface area contributed by atoms with Gasteiger partial charge in [-0.1, -0.05) is 19.1 Å². The number of benzene rings is 1. The van der Waals surface area contributed by atoms with E-state index in [1.54, 1.807) is 6.21 Å². The van der Waals surface area contributed by atoms with Crippen LogP contribution < -0.4 is 5.43 Å². The summed E-state index contributed by atoms with van der Waals surface area (Å²) in [6, 6.07) is 5.90. The highest BCUT2D eigenvalue weighted by atomic mass is 16.3. The van der Waals surface area contributed by atoms with Crippen LogP contribution >= 0.6 is 0 Å². The molecule has 7 nitrogen and oxygen atoms in total. The lowest BCUT2D eigenvalue weighted by molar-refractivity contribution is -0.121. The van der Waals surface area contributed by atoms with Crippen molar-refractivity contribution in [1.29, 1.82) is 0 Å². The fraction of sp³-hybridized carbons (Fsp3) is 0.368. The first-order valence-corrected chi connectivity index (χ1v) is 8.82. The zero-order valence-electron chi connectivity index (χ0n) is 15.3. The van der Waals surface area contributed by atoms with Crippen LogP contribution in [0.4, 0.5) is 0 Å². The standard InChI is InChI=1S/C19H23N5O2/c1-4-12(3)21-20-11-15-14-7-6-13(16-8-9-18(25)23-22-16)10-17(14)24(5-2)19(15)26/h6-7,10-11,26H,4-5,8-9H2,1-3H3,(H,23,25)/b20-11?,21-12+. The molecule has 3 rings (SSSR count).